The Morgan fingerprint density at radius 1 is 1.25 bits per heavy atom. The summed E-state index contributed by atoms with van der Waals surface area (Å²) >= 11 is 0. The van der Waals surface area contributed by atoms with Crippen molar-refractivity contribution in [2.24, 2.45) is 0 Å². The van der Waals surface area contributed by atoms with E-state index in [-0.39, 0.29) is 11.7 Å². The molecule has 6 heteroatoms. The van der Waals surface area contributed by atoms with Gasteiger partial charge >= 0.3 is 6.09 Å². The van der Waals surface area contributed by atoms with Gasteiger partial charge in [0, 0.05) is 39.0 Å². The normalized spacial score (nSPS) is 25.4. The number of carbonyl (C=O) groups excluding carboxylic acids is 1. The predicted octanol–water partition coefficient (Wildman–Crippen LogP) is 2.45. The van der Waals surface area contributed by atoms with Crippen molar-refractivity contribution >= 4 is 11.7 Å². The Balaban J connectivity index is 1.44. The number of carbonyl (C=O) groups is 1. The lowest BCUT2D eigenvalue weighted by Crippen LogP contribution is -2.35. The third kappa shape index (κ3) is 2.86. The van der Waals surface area contributed by atoms with E-state index in [1.54, 1.807) is 4.90 Å². The van der Waals surface area contributed by atoms with Gasteiger partial charge in [-0.05, 0) is 37.9 Å². The topological polar surface area (TPSA) is 50.1 Å². The molecule has 4 heterocycles. The molecular weight excluding hydrogens is 304 g/mol. The maximum Gasteiger partial charge on any atom is 0.410 e. The van der Waals surface area contributed by atoms with Crippen LogP contribution in [0.1, 0.15) is 30.5 Å². The van der Waals surface area contributed by atoms with Crippen LogP contribution in [0.5, 0.6) is 0 Å². The number of pyridine rings is 1. The van der Waals surface area contributed by atoms with Gasteiger partial charge < -0.3 is 14.0 Å². The Kier molecular flexibility index (Phi) is 3.72. The molecule has 0 aliphatic carbocycles. The monoisotopic (exact) mass is 328 g/mol. The van der Waals surface area contributed by atoms with Crippen LogP contribution < -0.4 is 0 Å². The summed E-state index contributed by atoms with van der Waals surface area (Å²) in [5.74, 6) is 0. The van der Waals surface area contributed by atoms with Gasteiger partial charge in [0.05, 0.1) is 12.2 Å². The number of likely N-dealkylation sites (N-methyl/N-ethyl adjacent to an activating group) is 1. The van der Waals surface area contributed by atoms with Crippen LogP contribution in [-0.4, -0.2) is 57.6 Å². The quantitative estimate of drug-likeness (QED) is 0.850. The second-order valence-corrected chi connectivity index (χ2v) is 7.24. The number of hydrogen-bond acceptors (Lipinski definition) is 4. The number of hydrogen-bond donors (Lipinski definition) is 0. The number of ether oxygens (including phenoxy) is 1. The highest BCUT2D eigenvalue weighted by Gasteiger charge is 2.44. The van der Waals surface area contributed by atoms with Crippen LogP contribution in [0.2, 0.25) is 0 Å². The fraction of sp³-hybridized carbons (Fsp3) is 0.556. The second-order valence-electron chi connectivity index (χ2n) is 7.24. The van der Waals surface area contributed by atoms with Gasteiger partial charge in [-0.3, -0.25) is 4.90 Å². The van der Waals surface area contributed by atoms with Gasteiger partial charge in [0.15, 0.2) is 0 Å². The summed E-state index contributed by atoms with van der Waals surface area (Å²) < 4.78 is 7.78. The summed E-state index contributed by atoms with van der Waals surface area (Å²) in [6.45, 7) is 5.62. The van der Waals surface area contributed by atoms with Gasteiger partial charge in [0.1, 0.15) is 11.2 Å². The molecule has 1 atom stereocenters. The molecule has 0 bridgehead atoms. The smallest absolute Gasteiger partial charge is 0.410 e. The summed E-state index contributed by atoms with van der Waals surface area (Å²) in [5, 5.41) is 0. The molecule has 1 amide bonds. The van der Waals surface area contributed by atoms with Crippen LogP contribution in [0.25, 0.3) is 5.65 Å². The molecule has 0 unspecified atom stereocenters. The highest BCUT2D eigenvalue weighted by Crippen LogP contribution is 2.32. The van der Waals surface area contributed by atoms with E-state index in [1.807, 2.05) is 7.05 Å². The van der Waals surface area contributed by atoms with Gasteiger partial charge in [-0.2, -0.15) is 0 Å². The zero-order valence-corrected chi connectivity index (χ0v) is 14.4. The van der Waals surface area contributed by atoms with Crippen LogP contribution in [-0.2, 0) is 11.3 Å². The molecule has 2 aliphatic rings. The van der Waals surface area contributed by atoms with Gasteiger partial charge in [-0.15, -0.1) is 0 Å². The Morgan fingerprint density at radius 2 is 2.12 bits per heavy atom. The van der Waals surface area contributed by atoms with Gasteiger partial charge in [-0.1, -0.05) is 6.07 Å². The summed E-state index contributed by atoms with van der Waals surface area (Å²) in [7, 11) is 1.82. The molecule has 0 aromatic carbocycles. The minimum absolute atomic E-state index is 0.181. The van der Waals surface area contributed by atoms with Crippen molar-refractivity contribution in [2.75, 3.05) is 26.7 Å². The Labute approximate surface area is 142 Å². The van der Waals surface area contributed by atoms with Crippen molar-refractivity contribution in [1.29, 1.82) is 0 Å². The fourth-order valence-electron chi connectivity index (χ4n) is 3.89. The molecule has 128 valence electrons. The molecule has 2 aliphatic heterocycles. The first-order valence-electron chi connectivity index (χ1n) is 8.64. The standard InChI is InChI=1S/C18H24N4O2/c1-14-4-5-16-19-15(12-22(16)10-14)11-21-8-3-6-18(7-9-21)13-20(2)17(23)24-18/h4-5,10,12H,3,6-9,11,13H2,1-2H3/t18-/m1/s1. The largest absolute Gasteiger partial charge is 0.441 e. The van der Waals surface area contributed by atoms with Gasteiger partial charge in [-0.25, -0.2) is 9.78 Å². The number of likely N-dealkylation sites (tertiary alicyclic amines) is 1. The number of aromatic nitrogens is 2. The van der Waals surface area contributed by atoms with E-state index in [1.165, 1.54) is 5.56 Å². The maximum atomic E-state index is 11.7. The highest BCUT2D eigenvalue weighted by molar-refractivity contribution is 5.70. The van der Waals surface area contributed by atoms with Crippen LogP contribution in [0.4, 0.5) is 4.79 Å². The molecule has 24 heavy (non-hydrogen) atoms. The summed E-state index contributed by atoms with van der Waals surface area (Å²) in [5.41, 5.74) is 3.04. The van der Waals surface area contributed by atoms with Crippen molar-refractivity contribution in [2.45, 2.75) is 38.3 Å². The molecule has 4 rings (SSSR count). The number of imidazole rings is 1. The lowest BCUT2D eigenvalue weighted by molar-refractivity contribution is 0.0442. The second kappa shape index (κ2) is 5.77. The average molecular weight is 328 g/mol. The Morgan fingerprint density at radius 3 is 2.92 bits per heavy atom. The highest BCUT2D eigenvalue weighted by atomic mass is 16.6. The lowest BCUT2D eigenvalue weighted by atomic mass is 9.95. The van der Waals surface area contributed by atoms with E-state index >= 15 is 0 Å². The Bertz CT molecular complexity index is 771. The predicted molar refractivity (Wildman–Crippen MR) is 90.9 cm³/mol. The summed E-state index contributed by atoms with van der Waals surface area (Å²) in [6.07, 6.45) is 6.94. The molecule has 2 aromatic rings. The van der Waals surface area contributed by atoms with Crippen LogP contribution in [0.15, 0.2) is 24.5 Å². The summed E-state index contributed by atoms with van der Waals surface area (Å²) in [4.78, 5) is 20.6. The van der Waals surface area contributed by atoms with Crippen molar-refractivity contribution in [3.8, 4) is 0 Å². The lowest BCUT2D eigenvalue weighted by Gasteiger charge is -2.25. The van der Waals surface area contributed by atoms with Crippen molar-refractivity contribution in [3.05, 3.63) is 35.8 Å². The number of rotatable bonds is 2. The first-order chi connectivity index (χ1) is 11.5. The van der Waals surface area contributed by atoms with E-state index in [9.17, 15) is 4.79 Å². The average Bonchev–Trinajstić information content (AvgIpc) is 2.98. The zero-order chi connectivity index (χ0) is 16.7. The SMILES string of the molecule is Cc1ccc2nc(CN3CCC[C@@]4(CC3)CN(C)C(=O)O4)cn2c1. The van der Waals surface area contributed by atoms with E-state index in [0.717, 1.165) is 50.2 Å². The van der Waals surface area contributed by atoms with Crippen molar-refractivity contribution < 1.29 is 9.53 Å². The molecule has 6 nitrogen and oxygen atoms in total. The molecule has 0 N–H and O–H groups in total. The van der Waals surface area contributed by atoms with E-state index in [0.29, 0.717) is 6.54 Å². The number of fused-ring (bicyclic) bond motifs is 1. The fourth-order valence-corrected chi connectivity index (χ4v) is 3.89. The van der Waals surface area contributed by atoms with E-state index in [2.05, 4.69) is 40.8 Å². The van der Waals surface area contributed by atoms with Crippen LogP contribution in [0, 0.1) is 6.92 Å². The van der Waals surface area contributed by atoms with Gasteiger partial charge in [0.2, 0.25) is 0 Å². The number of nitrogens with zero attached hydrogens (tertiary/aromatic N) is 4. The molecule has 2 aromatic heterocycles. The molecular formula is C18H24N4O2. The maximum absolute atomic E-state index is 11.7. The Hall–Kier alpha value is -2.08. The van der Waals surface area contributed by atoms with Crippen molar-refractivity contribution in [3.63, 3.8) is 0 Å². The minimum atomic E-state index is -0.281. The van der Waals surface area contributed by atoms with Gasteiger partial charge in [0.25, 0.3) is 0 Å². The van der Waals surface area contributed by atoms with E-state index in [4.69, 9.17) is 9.72 Å². The minimum Gasteiger partial charge on any atom is -0.441 e. The van der Waals surface area contributed by atoms with Crippen LogP contribution in [0.3, 0.4) is 0 Å². The third-order valence-electron chi connectivity index (χ3n) is 5.17. The molecule has 2 saturated heterocycles. The van der Waals surface area contributed by atoms with E-state index < -0.39 is 0 Å². The number of aryl methyl sites for hydroxylation is 1. The molecule has 0 saturated carbocycles. The molecule has 2 fully saturated rings. The first-order valence-corrected chi connectivity index (χ1v) is 8.64. The van der Waals surface area contributed by atoms with Crippen LogP contribution >= 0.6 is 0 Å². The molecule has 0 radical (unpaired) electrons. The molecule has 1 spiro atoms. The van der Waals surface area contributed by atoms with Crippen molar-refractivity contribution in [1.82, 2.24) is 19.2 Å². The first kappa shape index (κ1) is 15.4. The third-order valence-corrected chi connectivity index (χ3v) is 5.17. The number of amides is 1. The summed E-state index contributed by atoms with van der Waals surface area (Å²) in [6, 6.07) is 4.15. The zero-order valence-electron chi connectivity index (χ0n) is 14.4.